The molecule has 0 saturated carbocycles. The number of carbonyl (C=O) groups excluding carboxylic acids is 1. The first-order valence-electron chi connectivity index (χ1n) is 8.34. The van der Waals surface area contributed by atoms with Gasteiger partial charge >= 0.3 is 0 Å². The third kappa shape index (κ3) is 5.36. The lowest BCUT2D eigenvalue weighted by atomic mass is 9.96. The lowest BCUT2D eigenvalue weighted by molar-refractivity contribution is -0.132. The topological polar surface area (TPSA) is 73.6 Å². The van der Waals surface area contributed by atoms with E-state index in [0.717, 1.165) is 30.6 Å². The summed E-state index contributed by atoms with van der Waals surface area (Å²) in [6.07, 6.45) is 2.03. The molecule has 1 aromatic rings. The van der Waals surface area contributed by atoms with Gasteiger partial charge in [-0.3, -0.25) is 4.79 Å². The Morgan fingerprint density at radius 3 is 2.67 bits per heavy atom. The average Bonchev–Trinajstić information content (AvgIpc) is 3.03. The molecule has 5 nitrogen and oxygen atoms in total. The summed E-state index contributed by atoms with van der Waals surface area (Å²) in [6, 6.07) is 7.74. The summed E-state index contributed by atoms with van der Waals surface area (Å²) < 4.78 is 11.2. The summed E-state index contributed by atoms with van der Waals surface area (Å²) in [4.78, 5) is 12.6. The van der Waals surface area contributed by atoms with Crippen LogP contribution in [0.1, 0.15) is 44.7 Å². The maximum atomic E-state index is 12.6. The number of para-hydroxylation sites is 1. The molecule has 0 radical (unpaired) electrons. The number of nitrogens with two attached hydrogens (primary N) is 1. The third-order valence-corrected chi connectivity index (χ3v) is 4.20. The summed E-state index contributed by atoms with van der Waals surface area (Å²) in [5, 5.41) is 3.14. The van der Waals surface area contributed by atoms with E-state index in [1.165, 1.54) is 0 Å². The number of methoxy groups -OCH3 is 1. The van der Waals surface area contributed by atoms with Gasteiger partial charge in [0.25, 0.3) is 0 Å². The predicted octanol–water partition coefficient (Wildman–Crippen LogP) is 2.83. The summed E-state index contributed by atoms with van der Waals surface area (Å²) in [5.41, 5.74) is 6.62. The standard InChI is InChI=1S/C18H28N2O3.ClH/c1-12(2)10-15(14-6-4-5-7-16(14)22-3)20-18(21)17-9-8-13(11-19)23-17;/h4-7,12-13,15,17H,8-11,19H2,1-3H3,(H,20,21);1H/t13-,15?,17+;/m1./s1. The zero-order valence-electron chi connectivity index (χ0n) is 14.7. The van der Waals surface area contributed by atoms with E-state index in [-0.39, 0.29) is 30.5 Å². The molecule has 1 heterocycles. The van der Waals surface area contributed by atoms with Crippen molar-refractivity contribution in [1.29, 1.82) is 0 Å². The SMILES string of the molecule is COc1ccccc1C(CC(C)C)NC(=O)[C@@H]1CC[C@H](CN)O1.Cl. The van der Waals surface area contributed by atoms with E-state index in [4.69, 9.17) is 15.2 Å². The first-order chi connectivity index (χ1) is 11.0. The fraction of sp³-hybridized carbons (Fsp3) is 0.611. The van der Waals surface area contributed by atoms with Crippen LogP contribution in [0.25, 0.3) is 0 Å². The van der Waals surface area contributed by atoms with Crippen LogP contribution in [0.15, 0.2) is 24.3 Å². The molecular formula is C18H29ClN2O3. The van der Waals surface area contributed by atoms with Crippen molar-refractivity contribution in [3.8, 4) is 5.75 Å². The molecule has 136 valence electrons. The summed E-state index contributed by atoms with van der Waals surface area (Å²) in [5.74, 6) is 1.19. The van der Waals surface area contributed by atoms with Gasteiger partial charge in [0.2, 0.25) is 5.91 Å². The van der Waals surface area contributed by atoms with Crippen molar-refractivity contribution in [1.82, 2.24) is 5.32 Å². The summed E-state index contributed by atoms with van der Waals surface area (Å²) >= 11 is 0. The van der Waals surface area contributed by atoms with Gasteiger partial charge in [-0.1, -0.05) is 32.0 Å². The Bertz CT molecular complexity index is 525. The molecule has 2 rings (SSSR count). The van der Waals surface area contributed by atoms with E-state index in [0.29, 0.717) is 12.5 Å². The molecule has 0 bridgehead atoms. The number of hydrogen-bond donors (Lipinski definition) is 2. The Balaban J connectivity index is 0.00000288. The molecule has 24 heavy (non-hydrogen) atoms. The number of benzene rings is 1. The van der Waals surface area contributed by atoms with Crippen LogP contribution in [0.3, 0.4) is 0 Å². The minimum absolute atomic E-state index is 0. The lowest BCUT2D eigenvalue weighted by Crippen LogP contribution is -2.38. The number of hydrogen-bond acceptors (Lipinski definition) is 4. The molecule has 1 unspecified atom stereocenters. The Kier molecular flexibility index (Phi) is 8.53. The lowest BCUT2D eigenvalue weighted by Gasteiger charge is -2.24. The Hall–Kier alpha value is -1.30. The molecule has 3 atom stereocenters. The minimum Gasteiger partial charge on any atom is -0.496 e. The highest BCUT2D eigenvalue weighted by atomic mass is 35.5. The van der Waals surface area contributed by atoms with Gasteiger partial charge < -0.3 is 20.5 Å². The van der Waals surface area contributed by atoms with Crippen molar-refractivity contribution in [2.45, 2.75) is 51.4 Å². The van der Waals surface area contributed by atoms with Crippen LogP contribution in [0.2, 0.25) is 0 Å². The predicted molar refractivity (Wildman–Crippen MR) is 97.5 cm³/mol. The normalized spacial score (nSPS) is 21.2. The van der Waals surface area contributed by atoms with Crippen LogP contribution < -0.4 is 15.8 Å². The van der Waals surface area contributed by atoms with Crippen molar-refractivity contribution >= 4 is 18.3 Å². The van der Waals surface area contributed by atoms with E-state index in [2.05, 4.69) is 19.2 Å². The van der Waals surface area contributed by atoms with Crippen molar-refractivity contribution < 1.29 is 14.3 Å². The van der Waals surface area contributed by atoms with Crippen LogP contribution in [0.5, 0.6) is 5.75 Å². The van der Waals surface area contributed by atoms with E-state index in [1.807, 2.05) is 24.3 Å². The molecule has 1 fully saturated rings. The average molecular weight is 357 g/mol. The molecule has 6 heteroatoms. The molecule has 0 aliphatic carbocycles. The highest BCUT2D eigenvalue weighted by Crippen LogP contribution is 2.30. The van der Waals surface area contributed by atoms with E-state index >= 15 is 0 Å². The van der Waals surface area contributed by atoms with Crippen molar-refractivity contribution in [3.05, 3.63) is 29.8 Å². The van der Waals surface area contributed by atoms with Gasteiger partial charge in [-0.05, 0) is 31.2 Å². The monoisotopic (exact) mass is 356 g/mol. The summed E-state index contributed by atoms with van der Waals surface area (Å²) in [6.45, 7) is 4.75. The van der Waals surface area contributed by atoms with Crippen molar-refractivity contribution in [2.75, 3.05) is 13.7 Å². The largest absolute Gasteiger partial charge is 0.496 e. The fourth-order valence-corrected chi connectivity index (χ4v) is 3.03. The molecular weight excluding hydrogens is 328 g/mol. The van der Waals surface area contributed by atoms with Gasteiger partial charge in [-0.2, -0.15) is 0 Å². The molecule has 1 aliphatic heterocycles. The number of rotatable bonds is 7. The van der Waals surface area contributed by atoms with Gasteiger partial charge in [0, 0.05) is 12.1 Å². The van der Waals surface area contributed by atoms with Gasteiger partial charge in [-0.15, -0.1) is 12.4 Å². The first kappa shape index (κ1) is 20.7. The van der Waals surface area contributed by atoms with Crippen molar-refractivity contribution in [3.63, 3.8) is 0 Å². The highest BCUT2D eigenvalue weighted by Gasteiger charge is 2.31. The Labute approximate surface area is 150 Å². The van der Waals surface area contributed by atoms with Gasteiger partial charge in [0.05, 0.1) is 19.3 Å². The fourth-order valence-electron chi connectivity index (χ4n) is 3.03. The van der Waals surface area contributed by atoms with Crippen LogP contribution in [-0.2, 0) is 9.53 Å². The summed E-state index contributed by atoms with van der Waals surface area (Å²) in [7, 11) is 1.65. The molecule has 1 aliphatic rings. The van der Waals surface area contributed by atoms with Crippen molar-refractivity contribution in [2.24, 2.45) is 11.7 Å². The molecule has 0 spiro atoms. The van der Waals surface area contributed by atoms with Gasteiger partial charge in [0.1, 0.15) is 11.9 Å². The minimum atomic E-state index is -0.395. The third-order valence-electron chi connectivity index (χ3n) is 4.20. The number of nitrogens with one attached hydrogen (secondary N) is 1. The Morgan fingerprint density at radius 2 is 2.08 bits per heavy atom. The molecule has 1 aromatic carbocycles. The zero-order chi connectivity index (χ0) is 16.8. The van der Waals surface area contributed by atoms with Gasteiger partial charge in [-0.25, -0.2) is 0 Å². The highest BCUT2D eigenvalue weighted by molar-refractivity contribution is 5.85. The maximum absolute atomic E-state index is 12.6. The van der Waals surface area contributed by atoms with Gasteiger partial charge in [0.15, 0.2) is 0 Å². The second-order valence-electron chi connectivity index (χ2n) is 6.49. The zero-order valence-corrected chi connectivity index (χ0v) is 15.5. The Morgan fingerprint density at radius 1 is 1.38 bits per heavy atom. The number of amides is 1. The van der Waals surface area contributed by atoms with Crippen LogP contribution in [0.4, 0.5) is 0 Å². The van der Waals surface area contributed by atoms with Crippen LogP contribution in [-0.4, -0.2) is 31.8 Å². The first-order valence-corrected chi connectivity index (χ1v) is 8.34. The molecule has 3 N–H and O–H groups in total. The molecule has 1 saturated heterocycles. The van der Waals surface area contributed by atoms with E-state index in [1.54, 1.807) is 7.11 Å². The number of ether oxygens (including phenoxy) is 2. The molecule has 1 amide bonds. The maximum Gasteiger partial charge on any atom is 0.249 e. The second kappa shape index (κ2) is 9.87. The smallest absolute Gasteiger partial charge is 0.249 e. The van der Waals surface area contributed by atoms with E-state index < -0.39 is 6.10 Å². The van der Waals surface area contributed by atoms with Crippen LogP contribution >= 0.6 is 12.4 Å². The molecule has 0 aromatic heterocycles. The second-order valence-corrected chi connectivity index (χ2v) is 6.49. The number of halogens is 1. The number of carbonyl (C=O) groups is 1. The van der Waals surface area contributed by atoms with E-state index in [9.17, 15) is 4.79 Å². The van der Waals surface area contributed by atoms with Crippen LogP contribution in [0, 0.1) is 5.92 Å². The quantitative estimate of drug-likeness (QED) is 0.787.